The molecule has 0 unspecified atom stereocenters. The number of para-hydroxylation sites is 3. The third-order valence-corrected chi connectivity index (χ3v) is 11.7. The Morgan fingerprint density at radius 1 is 0.250 bits per heavy atom. The number of furan rings is 1. The van der Waals surface area contributed by atoms with Gasteiger partial charge in [-0.1, -0.05) is 188 Å². The zero-order valence-corrected chi connectivity index (χ0v) is 32.9. The van der Waals surface area contributed by atoms with Crippen molar-refractivity contribution in [2.45, 2.75) is 0 Å². The van der Waals surface area contributed by atoms with Gasteiger partial charge in [0.15, 0.2) is 0 Å². The predicted molar refractivity (Wildman–Crippen MR) is 253 cm³/mol. The highest BCUT2D eigenvalue weighted by Gasteiger charge is 2.18. The van der Waals surface area contributed by atoms with E-state index in [-0.39, 0.29) is 0 Å². The molecule has 282 valence electrons. The van der Waals surface area contributed by atoms with Gasteiger partial charge in [0.2, 0.25) is 0 Å². The molecule has 0 amide bonds. The highest BCUT2D eigenvalue weighted by Crippen LogP contribution is 2.43. The fraction of sp³-hybridized carbons (Fsp3) is 0. The van der Waals surface area contributed by atoms with Crippen LogP contribution in [0.2, 0.25) is 0 Å². The molecule has 0 fully saturated rings. The van der Waals surface area contributed by atoms with Crippen molar-refractivity contribution in [2.24, 2.45) is 0 Å². The van der Waals surface area contributed by atoms with E-state index in [1.165, 1.54) is 55.3 Å². The van der Waals surface area contributed by atoms with Crippen molar-refractivity contribution in [3.05, 3.63) is 237 Å². The van der Waals surface area contributed by atoms with Crippen LogP contribution in [0.4, 0.5) is 17.1 Å². The first-order valence-corrected chi connectivity index (χ1v) is 20.5. The van der Waals surface area contributed by atoms with E-state index in [1.807, 2.05) is 12.1 Å². The molecule has 0 spiro atoms. The molecule has 0 aliphatic heterocycles. The highest BCUT2D eigenvalue weighted by molar-refractivity contribution is 6.13. The van der Waals surface area contributed by atoms with E-state index in [2.05, 4.69) is 229 Å². The first-order chi connectivity index (χ1) is 29.8. The number of hydrogen-bond acceptors (Lipinski definition) is 2. The maximum absolute atomic E-state index is 6.48. The molecule has 60 heavy (non-hydrogen) atoms. The average molecular weight is 766 g/mol. The van der Waals surface area contributed by atoms with Crippen LogP contribution in [-0.2, 0) is 0 Å². The molecule has 0 saturated heterocycles. The van der Waals surface area contributed by atoms with Crippen molar-refractivity contribution >= 4 is 49.8 Å². The number of nitrogens with zero attached hydrogens (tertiary/aromatic N) is 1. The molecule has 11 aromatic rings. The van der Waals surface area contributed by atoms with Gasteiger partial charge in [0.1, 0.15) is 11.2 Å². The second-order valence-electron chi connectivity index (χ2n) is 15.2. The summed E-state index contributed by atoms with van der Waals surface area (Å²) in [4.78, 5) is 2.33. The molecule has 1 aromatic heterocycles. The third kappa shape index (κ3) is 6.32. The first-order valence-electron chi connectivity index (χ1n) is 20.5. The molecule has 1 heterocycles. The van der Waals surface area contributed by atoms with E-state index < -0.39 is 0 Å². The lowest BCUT2D eigenvalue weighted by Crippen LogP contribution is -2.09. The van der Waals surface area contributed by atoms with Gasteiger partial charge in [0.25, 0.3) is 0 Å². The van der Waals surface area contributed by atoms with Crippen molar-refractivity contribution in [1.29, 1.82) is 0 Å². The molecule has 2 heteroatoms. The highest BCUT2D eigenvalue weighted by atomic mass is 16.3. The van der Waals surface area contributed by atoms with E-state index in [4.69, 9.17) is 4.42 Å². The Morgan fingerprint density at radius 3 is 1.43 bits per heavy atom. The molecular formula is C58H39NO. The van der Waals surface area contributed by atoms with E-state index >= 15 is 0 Å². The van der Waals surface area contributed by atoms with Gasteiger partial charge in [-0.05, 0) is 109 Å². The van der Waals surface area contributed by atoms with Crippen molar-refractivity contribution in [3.8, 4) is 55.6 Å². The van der Waals surface area contributed by atoms with Gasteiger partial charge in [-0.2, -0.15) is 0 Å². The average Bonchev–Trinajstić information content (AvgIpc) is 3.72. The maximum atomic E-state index is 6.48. The van der Waals surface area contributed by atoms with Crippen LogP contribution in [0.3, 0.4) is 0 Å². The number of benzene rings is 10. The summed E-state index contributed by atoms with van der Waals surface area (Å²) in [5.41, 5.74) is 17.0. The Labute approximate surface area is 349 Å². The summed E-state index contributed by atoms with van der Waals surface area (Å²) in [5, 5.41) is 4.68. The van der Waals surface area contributed by atoms with Crippen LogP contribution in [0.5, 0.6) is 0 Å². The van der Waals surface area contributed by atoms with Crippen LogP contribution in [-0.4, -0.2) is 0 Å². The Bertz CT molecular complexity index is 3290. The van der Waals surface area contributed by atoms with Crippen LogP contribution >= 0.6 is 0 Å². The predicted octanol–water partition coefficient (Wildman–Crippen LogP) is 16.5. The Hall–Kier alpha value is -7.94. The van der Waals surface area contributed by atoms with Gasteiger partial charge in [-0.25, -0.2) is 0 Å². The Morgan fingerprint density at radius 2 is 0.717 bits per heavy atom. The topological polar surface area (TPSA) is 16.4 Å². The molecule has 0 radical (unpaired) electrons. The summed E-state index contributed by atoms with van der Waals surface area (Å²) in [5.74, 6) is 0. The molecule has 0 bridgehead atoms. The molecule has 0 N–H and O–H groups in total. The van der Waals surface area contributed by atoms with Crippen molar-refractivity contribution < 1.29 is 4.42 Å². The van der Waals surface area contributed by atoms with Crippen LogP contribution in [0.25, 0.3) is 88.3 Å². The van der Waals surface area contributed by atoms with Gasteiger partial charge >= 0.3 is 0 Å². The van der Waals surface area contributed by atoms with Crippen LogP contribution in [0.1, 0.15) is 0 Å². The number of anilines is 3. The van der Waals surface area contributed by atoms with Crippen molar-refractivity contribution in [3.63, 3.8) is 0 Å². The summed E-state index contributed by atoms with van der Waals surface area (Å²) >= 11 is 0. The largest absolute Gasteiger partial charge is 0.455 e. The molecule has 0 saturated carbocycles. The smallest absolute Gasteiger partial charge is 0.143 e. The summed E-state index contributed by atoms with van der Waals surface area (Å²) < 4.78 is 6.48. The second-order valence-corrected chi connectivity index (χ2v) is 15.2. The minimum atomic E-state index is 0.910. The zero-order valence-electron chi connectivity index (χ0n) is 32.9. The van der Waals surface area contributed by atoms with Gasteiger partial charge in [-0.3, -0.25) is 0 Å². The lowest BCUT2D eigenvalue weighted by atomic mass is 9.91. The summed E-state index contributed by atoms with van der Waals surface area (Å²) in [6, 6.07) is 84.7. The molecule has 0 atom stereocenters. The number of hydrogen-bond donors (Lipinski definition) is 0. The molecule has 2 nitrogen and oxygen atoms in total. The number of rotatable bonds is 8. The number of fused-ring (bicyclic) bond motifs is 4. The Balaban J connectivity index is 0.938. The second kappa shape index (κ2) is 15.1. The van der Waals surface area contributed by atoms with Crippen LogP contribution in [0.15, 0.2) is 241 Å². The zero-order chi connectivity index (χ0) is 39.8. The quantitative estimate of drug-likeness (QED) is 0.153. The summed E-state index contributed by atoms with van der Waals surface area (Å²) in [6.07, 6.45) is 0. The van der Waals surface area contributed by atoms with Crippen LogP contribution in [0, 0.1) is 0 Å². The van der Waals surface area contributed by atoms with E-state index in [0.29, 0.717) is 0 Å². The van der Waals surface area contributed by atoms with Crippen LogP contribution < -0.4 is 4.90 Å². The molecule has 10 aromatic carbocycles. The summed E-state index contributed by atoms with van der Waals surface area (Å²) in [6.45, 7) is 0. The lowest BCUT2D eigenvalue weighted by molar-refractivity contribution is 0.670. The SMILES string of the molecule is c1ccc(-c2cccc(-c3ccccc3-c3ccc(N(c4ccccc4)c4ccc(-c5ccc(-c6cccc7c6oc6ccccc67)c6ccccc56)cc4)cc3)c2)cc1. The fourth-order valence-corrected chi connectivity index (χ4v) is 8.83. The molecule has 0 aliphatic carbocycles. The fourth-order valence-electron chi connectivity index (χ4n) is 8.83. The van der Waals surface area contributed by atoms with Gasteiger partial charge < -0.3 is 9.32 Å². The van der Waals surface area contributed by atoms with E-state index in [9.17, 15) is 0 Å². The third-order valence-electron chi connectivity index (χ3n) is 11.7. The first kappa shape index (κ1) is 35.2. The standard InChI is InChI=1S/C58H39NO/c1-3-15-40(16-4-1)43-17-13-18-44(39-43)49-22-8-7-21-48(49)41-29-33-46(34-30-41)59(45-19-5-2-6-20-45)47-35-31-42(32-36-47)50-37-38-53(52-24-10-9-23-51(50)52)55-26-14-27-56-54-25-11-12-28-57(54)60-58(55)56/h1-39H. The van der Waals surface area contributed by atoms with Gasteiger partial charge in [-0.15, -0.1) is 0 Å². The van der Waals surface area contributed by atoms with E-state index in [1.54, 1.807) is 0 Å². The van der Waals surface area contributed by atoms with E-state index in [0.717, 1.165) is 50.1 Å². The Kier molecular flexibility index (Phi) is 8.87. The monoisotopic (exact) mass is 765 g/mol. The van der Waals surface area contributed by atoms with Gasteiger partial charge in [0.05, 0.1) is 0 Å². The normalized spacial score (nSPS) is 11.3. The maximum Gasteiger partial charge on any atom is 0.143 e. The minimum Gasteiger partial charge on any atom is -0.455 e. The molecule has 0 aliphatic rings. The van der Waals surface area contributed by atoms with Gasteiger partial charge in [0, 0.05) is 33.4 Å². The van der Waals surface area contributed by atoms with Crippen molar-refractivity contribution in [1.82, 2.24) is 0 Å². The van der Waals surface area contributed by atoms with Crippen molar-refractivity contribution in [2.75, 3.05) is 4.90 Å². The molecular weight excluding hydrogens is 727 g/mol. The lowest BCUT2D eigenvalue weighted by Gasteiger charge is -2.26. The summed E-state index contributed by atoms with van der Waals surface area (Å²) in [7, 11) is 0. The minimum absolute atomic E-state index is 0.910. The molecule has 11 rings (SSSR count).